The largest absolute Gasteiger partial charge is 0.390 e. The molecule has 3 heteroatoms. The monoisotopic (exact) mass is 197 g/mol. The molecule has 0 aromatic heterocycles. The van der Waals surface area contributed by atoms with Crippen LogP contribution in [0.2, 0.25) is 0 Å². The fourth-order valence-corrected chi connectivity index (χ4v) is 3.34. The lowest BCUT2D eigenvalue weighted by Gasteiger charge is -2.45. The zero-order valence-electron chi connectivity index (χ0n) is 7.92. The van der Waals surface area contributed by atoms with E-state index in [4.69, 9.17) is 5.26 Å². The van der Waals surface area contributed by atoms with E-state index in [0.717, 1.165) is 25.7 Å². The van der Waals surface area contributed by atoms with Gasteiger partial charge in [0.05, 0.1) is 17.6 Å². The molecule has 0 aromatic rings. The number of aliphatic hydroxyl groups excluding tert-OH is 1. The Balaban J connectivity index is 2.12. The van der Waals surface area contributed by atoms with E-state index < -0.39 is 6.10 Å². The van der Waals surface area contributed by atoms with Gasteiger partial charge < -0.3 is 5.11 Å². The average molecular weight is 197 g/mol. The summed E-state index contributed by atoms with van der Waals surface area (Å²) in [5.74, 6) is 0. The van der Waals surface area contributed by atoms with Crippen LogP contribution in [-0.2, 0) is 0 Å². The molecule has 1 unspecified atom stereocenters. The van der Waals surface area contributed by atoms with Crippen molar-refractivity contribution in [3.05, 3.63) is 0 Å². The van der Waals surface area contributed by atoms with Gasteiger partial charge in [0.15, 0.2) is 0 Å². The molecule has 0 spiro atoms. The third-order valence-corrected chi connectivity index (χ3v) is 5.08. The molecule has 2 rings (SSSR count). The van der Waals surface area contributed by atoms with Crippen LogP contribution in [0.5, 0.6) is 0 Å². The van der Waals surface area contributed by atoms with Gasteiger partial charge in [0.2, 0.25) is 0 Å². The van der Waals surface area contributed by atoms with Crippen molar-refractivity contribution < 1.29 is 5.11 Å². The molecule has 1 N–H and O–H groups in total. The third-order valence-electron chi connectivity index (χ3n) is 3.64. The quantitative estimate of drug-likeness (QED) is 0.752. The summed E-state index contributed by atoms with van der Waals surface area (Å²) in [4.78, 5) is 0. The highest BCUT2D eigenvalue weighted by Crippen LogP contribution is 2.58. The first-order valence-corrected chi connectivity index (χ1v) is 6.06. The Labute approximate surface area is 83.3 Å². The smallest absolute Gasteiger partial charge is 0.0872 e. The summed E-state index contributed by atoms with van der Waals surface area (Å²) in [5.41, 5.74) is -0.372. The van der Waals surface area contributed by atoms with Gasteiger partial charge in [-0.15, -0.1) is 0 Å². The van der Waals surface area contributed by atoms with Gasteiger partial charge in [0.1, 0.15) is 0 Å². The second-order valence-corrected chi connectivity index (χ2v) is 5.51. The molecule has 2 fully saturated rings. The Kier molecular flexibility index (Phi) is 2.08. The number of nitrogens with zero attached hydrogens (tertiary/aromatic N) is 1. The molecule has 13 heavy (non-hydrogen) atoms. The van der Waals surface area contributed by atoms with Gasteiger partial charge in [0, 0.05) is 4.75 Å². The Bertz CT molecular complexity index is 245. The van der Waals surface area contributed by atoms with Gasteiger partial charge in [-0.05, 0) is 31.9 Å². The van der Waals surface area contributed by atoms with E-state index in [2.05, 4.69) is 12.3 Å². The molecular weight excluding hydrogens is 182 g/mol. The molecule has 0 saturated heterocycles. The number of aliphatic hydroxyl groups is 1. The highest BCUT2D eigenvalue weighted by molar-refractivity contribution is 8.00. The molecule has 2 saturated carbocycles. The maximum absolute atomic E-state index is 10.2. The van der Waals surface area contributed by atoms with Crippen molar-refractivity contribution in [3.63, 3.8) is 0 Å². The molecule has 2 aliphatic carbocycles. The van der Waals surface area contributed by atoms with E-state index in [1.54, 1.807) is 11.8 Å². The third kappa shape index (κ3) is 1.19. The van der Waals surface area contributed by atoms with Crippen LogP contribution in [0.25, 0.3) is 0 Å². The van der Waals surface area contributed by atoms with E-state index in [0.29, 0.717) is 0 Å². The van der Waals surface area contributed by atoms with Crippen LogP contribution in [0.1, 0.15) is 32.1 Å². The lowest BCUT2D eigenvalue weighted by molar-refractivity contribution is 0.0457. The van der Waals surface area contributed by atoms with Gasteiger partial charge in [-0.2, -0.15) is 17.0 Å². The normalized spacial score (nSPS) is 29.9. The molecular formula is C10H15NOS. The van der Waals surface area contributed by atoms with Crippen molar-refractivity contribution in [1.82, 2.24) is 0 Å². The predicted molar refractivity (Wildman–Crippen MR) is 53.4 cm³/mol. The summed E-state index contributed by atoms with van der Waals surface area (Å²) in [5, 5.41) is 19.2. The van der Waals surface area contributed by atoms with Crippen LogP contribution >= 0.6 is 11.8 Å². The van der Waals surface area contributed by atoms with Crippen LogP contribution in [-0.4, -0.2) is 22.2 Å². The summed E-state index contributed by atoms with van der Waals surface area (Å²) in [6, 6.07) is 2.30. The van der Waals surface area contributed by atoms with E-state index in [9.17, 15) is 5.11 Å². The van der Waals surface area contributed by atoms with Gasteiger partial charge in [-0.3, -0.25) is 0 Å². The summed E-state index contributed by atoms with van der Waals surface area (Å²) in [7, 11) is 0. The van der Waals surface area contributed by atoms with Crippen LogP contribution < -0.4 is 0 Å². The van der Waals surface area contributed by atoms with Crippen molar-refractivity contribution in [2.24, 2.45) is 5.41 Å². The predicted octanol–water partition coefficient (Wildman–Crippen LogP) is 1.94. The number of thioether (sulfide) groups is 1. The molecule has 0 aromatic carbocycles. The molecule has 0 bridgehead atoms. The maximum Gasteiger partial charge on any atom is 0.0872 e. The number of rotatable bonds is 3. The van der Waals surface area contributed by atoms with Crippen LogP contribution in [0, 0.1) is 16.7 Å². The van der Waals surface area contributed by atoms with Gasteiger partial charge in [-0.1, -0.05) is 6.42 Å². The van der Waals surface area contributed by atoms with Crippen molar-refractivity contribution in [2.75, 3.05) is 6.26 Å². The summed E-state index contributed by atoms with van der Waals surface area (Å²) in [6.07, 6.45) is 6.82. The highest BCUT2D eigenvalue weighted by atomic mass is 32.2. The zero-order chi connectivity index (χ0) is 9.53. The van der Waals surface area contributed by atoms with Crippen LogP contribution in [0.15, 0.2) is 0 Å². The fraction of sp³-hybridized carbons (Fsp3) is 0.900. The second kappa shape index (κ2) is 2.90. The Hall–Kier alpha value is -0.200. The van der Waals surface area contributed by atoms with Crippen LogP contribution in [0.4, 0.5) is 0 Å². The van der Waals surface area contributed by atoms with E-state index >= 15 is 0 Å². The average Bonchev–Trinajstić information content (AvgIpc) is 2.83. The molecule has 0 radical (unpaired) electrons. The number of hydrogen-bond donors (Lipinski definition) is 1. The van der Waals surface area contributed by atoms with Gasteiger partial charge in [-0.25, -0.2) is 0 Å². The minimum absolute atomic E-state index is 0.0201. The molecule has 0 heterocycles. The van der Waals surface area contributed by atoms with Crippen molar-refractivity contribution in [2.45, 2.75) is 43.0 Å². The standard InChI is InChI=1S/C10H15NOS/c1-13-10(3-2-4-10)8(12)9(7-11)5-6-9/h8,12H,2-6H2,1H3. The lowest BCUT2D eigenvalue weighted by atomic mass is 9.74. The van der Waals surface area contributed by atoms with E-state index in [1.807, 2.05) is 0 Å². The topological polar surface area (TPSA) is 44.0 Å². The number of hydrogen-bond acceptors (Lipinski definition) is 3. The Morgan fingerprint density at radius 3 is 2.23 bits per heavy atom. The minimum atomic E-state index is -0.395. The van der Waals surface area contributed by atoms with Crippen molar-refractivity contribution in [1.29, 1.82) is 5.26 Å². The minimum Gasteiger partial charge on any atom is -0.390 e. The fourth-order valence-electron chi connectivity index (χ4n) is 2.20. The number of nitriles is 1. The SMILES string of the molecule is CSC1(C(O)C2(C#N)CC2)CCC1. The van der Waals surface area contributed by atoms with E-state index in [-0.39, 0.29) is 10.2 Å². The Morgan fingerprint density at radius 1 is 1.38 bits per heavy atom. The first-order valence-electron chi connectivity index (χ1n) is 4.84. The maximum atomic E-state index is 10.2. The van der Waals surface area contributed by atoms with Crippen molar-refractivity contribution >= 4 is 11.8 Å². The summed E-state index contributed by atoms with van der Waals surface area (Å²) >= 11 is 1.75. The molecule has 1 atom stereocenters. The molecule has 72 valence electrons. The first-order chi connectivity index (χ1) is 6.19. The molecule has 0 aliphatic heterocycles. The van der Waals surface area contributed by atoms with Gasteiger partial charge in [0.25, 0.3) is 0 Å². The lowest BCUT2D eigenvalue weighted by Crippen LogP contribution is -2.49. The van der Waals surface area contributed by atoms with Crippen molar-refractivity contribution in [3.8, 4) is 6.07 Å². The van der Waals surface area contributed by atoms with E-state index in [1.165, 1.54) is 6.42 Å². The summed E-state index contributed by atoms with van der Waals surface area (Å²) in [6.45, 7) is 0. The molecule has 0 amide bonds. The summed E-state index contributed by atoms with van der Waals surface area (Å²) < 4.78 is 0.0201. The van der Waals surface area contributed by atoms with Crippen LogP contribution in [0.3, 0.4) is 0 Å². The second-order valence-electron chi connectivity index (χ2n) is 4.29. The molecule has 2 nitrogen and oxygen atoms in total. The van der Waals surface area contributed by atoms with Gasteiger partial charge >= 0.3 is 0 Å². The highest BCUT2D eigenvalue weighted by Gasteiger charge is 2.59. The first kappa shape index (κ1) is 9.36. The zero-order valence-corrected chi connectivity index (χ0v) is 8.73. The Morgan fingerprint density at radius 2 is 2.00 bits per heavy atom. The molecule has 2 aliphatic rings.